The van der Waals surface area contributed by atoms with Gasteiger partial charge in [-0.2, -0.15) is 0 Å². The Balaban J connectivity index is 1.93. The Hall–Kier alpha value is -1.08. The second-order valence-electron chi connectivity index (χ2n) is 6.91. The Bertz CT molecular complexity index is 559. The van der Waals surface area contributed by atoms with E-state index in [2.05, 4.69) is 31.7 Å². The molecule has 4 rings (SSSR count). The van der Waals surface area contributed by atoms with E-state index < -0.39 is 0 Å². The molecule has 0 heterocycles. The van der Waals surface area contributed by atoms with Crippen LogP contribution in [0.3, 0.4) is 0 Å². The Morgan fingerprint density at radius 1 is 1.37 bits per heavy atom. The van der Waals surface area contributed by atoms with Crippen molar-refractivity contribution < 1.29 is 5.11 Å². The van der Waals surface area contributed by atoms with Crippen LogP contribution >= 0.6 is 0 Å². The summed E-state index contributed by atoms with van der Waals surface area (Å²) in [5.41, 5.74) is 6.11. The molecule has 0 aromatic heterocycles. The van der Waals surface area contributed by atoms with E-state index >= 15 is 0 Å². The molecule has 1 N–H and O–H groups in total. The number of fused-ring (bicyclic) bond motifs is 3. The fourth-order valence-electron chi connectivity index (χ4n) is 5.49. The minimum Gasteiger partial charge on any atom is -0.396 e. The molecule has 3 aliphatic rings. The highest BCUT2D eigenvalue weighted by Crippen LogP contribution is 2.70. The van der Waals surface area contributed by atoms with E-state index in [4.69, 9.17) is 0 Å². The lowest BCUT2D eigenvalue weighted by Gasteiger charge is -2.40. The Morgan fingerprint density at radius 3 is 3.00 bits per heavy atom. The topological polar surface area (TPSA) is 20.2 Å². The van der Waals surface area contributed by atoms with Crippen molar-refractivity contribution in [2.75, 3.05) is 6.61 Å². The summed E-state index contributed by atoms with van der Waals surface area (Å²) in [6.45, 7) is 6.83. The molecule has 0 saturated heterocycles. The number of allylic oxidation sites excluding steroid dienone is 1. The molecule has 2 bridgehead atoms. The maximum atomic E-state index is 10.0. The van der Waals surface area contributed by atoms with E-state index in [0.29, 0.717) is 23.9 Å². The number of aryl methyl sites for hydroxylation is 1. The number of benzene rings is 1. The second-order valence-corrected chi connectivity index (χ2v) is 6.91. The van der Waals surface area contributed by atoms with Crippen molar-refractivity contribution >= 4 is 0 Å². The number of aliphatic hydroxyl groups excluding tert-OH is 1. The molecule has 4 atom stereocenters. The molecule has 1 heteroatoms. The van der Waals surface area contributed by atoms with Crippen molar-refractivity contribution in [3.05, 3.63) is 47.0 Å². The molecular formula is C18H22O. The molecule has 2 saturated carbocycles. The van der Waals surface area contributed by atoms with E-state index in [1.165, 1.54) is 41.5 Å². The molecule has 1 aromatic carbocycles. The van der Waals surface area contributed by atoms with Crippen molar-refractivity contribution in [3.63, 3.8) is 0 Å². The van der Waals surface area contributed by atoms with Crippen LogP contribution < -0.4 is 0 Å². The Kier molecular flexibility index (Phi) is 2.30. The first-order valence-electron chi connectivity index (χ1n) is 7.55. The first-order valence-corrected chi connectivity index (χ1v) is 7.55. The predicted molar refractivity (Wildman–Crippen MR) is 77.3 cm³/mol. The third-order valence-electron chi connectivity index (χ3n) is 6.22. The van der Waals surface area contributed by atoms with Gasteiger partial charge in [-0.25, -0.2) is 0 Å². The molecule has 1 nitrogen and oxygen atoms in total. The van der Waals surface area contributed by atoms with Crippen LogP contribution in [0.1, 0.15) is 54.2 Å². The van der Waals surface area contributed by atoms with Crippen LogP contribution in [0.5, 0.6) is 0 Å². The highest BCUT2D eigenvalue weighted by Gasteiger charge is 2.59. The molecule has 1 spiro atoms. The molecule has 0 amide bonds. The van der Waals surface area contributed by atoms with Gasteiger partial charge in [0.15, 0.2) is 0 Å². The largest absolute Gasteiger partial charge is 0.396 e. The van der Waals surface area contributed by atoms with Gasteiger partial charge in [0.2, 0.25) is 0 Å². The van der Waals surface area contributed by atoms with Crippen LogP contribution in [-0.4, -0.2) is 11.7 Å². The van der Waals surface area contributed by atoms with E-state index in [1.807, 2.05) is 0 Å². The highest BCUT2D eigenvalue weighted by molar-refractivity contribution is 5.50. The van der Waals surface area contributed by atoms with Gasteiger partial charge < -0.3 is 5.11 Å². The summed E-state index contributed by atoms with van der Waals surface area (Å²) >= 11 is 0. The summed E-state index contributed by atoms with van der Waals surface area (Å²) < 4.78 is 0. The van der Waals surface area contributed by atoms with Gasteiger partial charge in [0, 0.05) is 5.92 Å². The lowest BCUT2D eigenvalue weighted by atomic mass is 9.64. The van der Waals surface area contributed by atoms with Gasteiger partial charge in [-0.3, -0.25) is 0 Å². The summed E-state index contributed by atoms with van der Waals surface area (Å²) in [4.78, 5) is 0. The highest BCUT2D eigenvalue weighted by atomic mass is 16.3. The number of aliphatic hydroxyl groups is 1. The van der Waals surface area contributed by atoms with Crippen molar-refractivity contribution in [1.29, 1.82) is 0 Å². The minimum atomic E-state index is 0.295. The molecule has 100 valence electrons. The maximum Gasteiger partial charge on any atom is 0.0505 e. The normalized spacial score (nSPS) is 39.3. The second kappa shape index (κ2) is 3.73. The maximum absolute atomic E-state index is 10.0. The SMILES string of the molecule is C=C1C[C@]23C[C@H]1CC[C@H]2c1cccc(C)c1[C@@H]3CO. The third-order valence-corrected chi connectivity index (χ3v) is 6.22. The van der Waals surface area contributed by atoms with Crippen LogP contribution in [0.4, 0.5) is 0 Å². The smallest absolute Gasteiger partial charge is 0.0505 e. The average Bonchev–Trinajstić information content (AvgIpc) is 2.82. The lowest BCUT2D eigenvalue weighted by molar-refractivity contribution is 0.107. The lowest BCUT2D eigenvalue weighted by Crippen LogP contribution is -2.31. The first kappa shape index (κ1) is 11.7. The number of rotatable bonds is 1. The van der Waals surface area contributed by atoms with Gasteiger partial charge in [-0.05, 0) is 66.5 Å². The third kappa shape index (κ3) is 1.30. The molecule has 0 aliphatic heterocycles. The zero-order chi connectivity index (χ0) is 13.2. The van der Waals surface area contributed by atoms with Crippen LogP contribution in [0.15, 0.2) is 30.4 Å². The summed E-state index contributed by atoms with van der Waals surface area (Å²) in [5, 5.41) is 10.0. The zero-order valence-electron chi connectivity index (χ0n) is 11.7. The zero-order valence-corrected chi connectivity index (χ0v) is 11.7. The molecular weight excluding hydrogens is 232 g/mol. The molecule has 3 aliphatic carbocycles. The molecule has 0 unspecified atom stereocenters. The van der Waals surface area contributed by atoms with Crippen LogP contribution in [-0.2, 0) is 0 Å². The number of hydrogen-bond acceptors (Lipinski definition) is 1. The Labute approximate surface area is 115 Å². The molecule has 19 heavy (non-hydrogen) atoms. The standard InChI is InChI=1S/C18H22O/c1-11-4-3-5-14-15-7-6-13-9-18(15,8-12(13)2)16(10-19)17(11)14/h3-5,13,15-16,19H,2,6-10H2,1H3/t13-,15+,16+,18+/m1/s1. The van der Waals surface area contributed by atoms with Gasteiger partial charge in [-0.1, -0.05) is 30.4 Å². The van der Waals surface area contributed by atoms with Crippen molar-refractivity contribution in [1.82, 2.24) is 0 Å². The van der Waals surface area contributed by atoms with E-state index in [1.54, 1.807) is 0 Å². The first-order chi connectivity index (χ1) is 9.17. The van der Waals surface area contributed by atoms with E-state index in [0.717, 1.165) is 12.3 Å². The van der Waals surface area contributed by atoms with Gasteiger partial charge in [-0.15, -0.1) is 0 Å². The molecule has 2 fully saturated rings. The molecule has 0 radical (unpaired) electrons. The summed E-state index contributed by atoms with van der Waals surface area (Å²) in [6.07, 6.45) is 4.99. The summed E-state index contributed by atoms with van der Waals surface area (Å²) in [7, 11) is 0. The predicted octanol–water partition coefficient (Wildman–Crippen LogP) is 3.91. The quantitative estimate of drug-likeness (QED) is 0.753. The Morgan fingerprint density at radius 2 is 2.21 bits per heavy atom. The van der Waals surface area contributed by atoms with Gasteiger partial charge in [0.1, 0.15) is 0 Å². The monoisotopic (exact) mass is 254 g/mol. The average molecular weight is 254 g/mol. The van der Waals surface area contributed by atoms with Gasteiger partial charge in [0.25, 0.3) is 0 Å². The molecule has 1 aromatic rings. The van der Waals surface area contributed by atoms with Crippen molar-refractivity contribution in [2.45, 2.75) is 44.4 Å². The summed E-state index contributed by atoms with van der Waals surface area (Å²) in [5.74, 6) is 1.73. The fraction of sp³-hybridized carbons (Fsp3) is 0.556. The van der Waals surface area contributed by atoms with E-state index in [-0.39, 0.29) is 0 Å². The van der Waals surface area contributed by atoms with Crippen LogP contribution in [0.2, 0.25) is 0 Å². The van der Waals surface area contributed by atoms with Crippen LogP contribution in [0, 0.1) is 18.3 Å². The minimum absolute atomic E-state index is 0.295. The van der Waals surface area contributed by atoms with Crippen molar-refractivity contribution in [2.24, 2.45) is 11.3 Å². The van der Waals surface area contributed by atoms with Crippen molar-refractivity contribution in [3.8, 4) is 0 Å². The fourth-order valence-corrected chi connectivity index (χ4v) is 5.49. The summed E-state index contributed by atoms with van der Waals surface area (Å²) in [6, 6.07) is 6.71. The number of hydrogen-bond donors (Lipinski definition) is 1. The van der Waals surface area contributed by atoms with Gasteiger partial charge >= 0.3 is 0 Å². The van der Waals surface area contributed by atoms with E-state index in [9.17, 15) is 5.11 Å². The van der Waals surface area contributed by atoms with Gasteiger partial charge in [0.05, 0.1) is 6.61 Å². The van der Waals surface area contributed by atoms with Crippen LogP contribution in [0.25, 0.3) is 0 Å².